The largest absolute Gasteiger partial charge is 0.444 e. The minimum Gasteiger partial charge on any atom is -0.444 e. The topological polar surface area (TPSA) is 200 Å². The Morgan fingerprint density at radius 1 is 1.00 bits per heavy atom. The molecule has 0 unspecified atom stereocenters. The Morgan fingerprint density at radius 2 is 1.75 bits per heavy atom. The molecule has 20 heteroatoms. The summed E-state index contributed by atoms with van der Waals surface area (Å²) in [6, 6.07) is 1.69. The van der Waals surface area contributed by atoms with E-state index < -0.39 is 110 Å². The third-order valence-electron chi connectivity index (χ3n) is 11.0. The summed E-state index contributed by atoms with van der Waals surface area (Å²) in [5.41, 5.74) is -4.28. The van der Waals surface area contributed by atoms with Crippen LogP contribution in [0.25, 0.3) is 0 Å². The van der Waals surface area contributed by atoms with Crippen molar-refractivity contribution in [1.29, 1.82) is 0 Å². The van der Waals surface area contributed by atoms with Crippen molar-refractivity contribution in [2.45, 2.75) is 106 Å². The second-order valence-corrected chi connectivity index (χ2v) is 17.0. The molecule has 2 aliphatic carbocycles. The van der Waals surface area contributed by atoms with E-state index in [0.717, 1.165) is 4.90 Å². The van der Waals surface area contributed by atoms with Crippen LogP contribution in [0.2, 0.25) is 0 Å². The minimum absolute atomic E-state index is 0.0287. The summed E-state index contributed by atoms with van der Waals surface area (Å²) in [4.78, 5) is 82.9. The fourth-order valence-corrected chi connectivity index (χ4v) is 9.00. The maximum absolute atomic E-state index is 14.4. The van der Waals surface area contributed by atoms with Crippen LogP contribution in [0.4, 0.5) is 33.7 Å². The summed E-state index contributed by atoms with van der Waals surface area (Å²) in [6.07, 6.45) is -0.491. The molecule has 7 rings (SSSR count). The van der Waals surface area contributed by atoms with Gasteiger partial charge in [0.2, 0.25) is 21.8 Å². The molecular weight excluding hydrogens is 768 g/mol. The molecule has 5 atom stereocenters. The number of sulfonamides is 1. The number of amides is 4. The van der Waals surface area contributed by atoms with Gasteiger partial charge in [-0.15, -0.1) is 0 Å². The Morgan fingerprint density at radius 3 is 2.46 bits per heavy atom. The van der Waals surface area contributed by atoms with Crippen molar-refractivity contribution < 1.29 is 49.9 Å². The molecule has 4 amide bonds. The number of anilines is 2. The van der Waals surface area contributed by atoms with E-state index in [1.54, 1.807) is 12.1 Å². The highest BCUT2D eigenvalue weighted by Gasteiger charge is 2.62. The number of fused-ring (bicyclic) bond motifs is 3. The highest BCUT2D eigenvalue weighted by molar-refractivity contribution is 7.91. The van der Waals surface area contributed by atoms with E-state index >= 15 is 0 Å². The quantitative estimate of drug-likeness (QED) is 0.173. The minimum atomic E-state index is -4.73. The van der Waals surface area contributed by atoms with Gasteiger partial charge in [0, 0.05) is 24.4 Å². The number of nitrogens with one attached hydrogen (secondary N) is 4. The van der Waals surface area contributed by atoms with Crippen molar-refractivity contribution in [2.75, 3.05) is 23.7 Å². The van der Waals surface area contributed by atoms with Crippen LogP contribution in [0, 0.1) is 11.7 Å². The van der Waals surface area contributed by atoms with E-state index in [4.69, 9.17) is 4.74 Å². The highest BCUT2D eigenvalue weighted by Crippen LogP contribution is 2.46. The molecule has 0 spiro atoms. The van der Waals surface area contributed by atoms with Gasteiger partial charge in [-0.2, -0.15) is 13.2 Å². The second-order valence-electron chi connectivity index (χ2n) is 15.1. The smallest absolute Gasteiger partial charge is 0.410 e. The molecule has 3 heterocycles. The van der Waals surface area contributed by atoms with Crippen LogP contribution in [-0.2, 0) is 42.2 Å². The molecule has 1 saturated heterocycles. The lowest BCUT2D eigenvalue weighted by molar-refractivity contribution is -0.140. The normalized spacial score (nSPS) is 27.0. The molecule has 302 valence electrons. The molecule has 2 saturated carbocycles. The Bertz CT molecular complexity index is 2150. The molecule has 4 N–H and O–H groups in total. The number of allylic oxidation sites excluding steroid dienone is 1. The van der Waals surface area contributed by atoms with E-state index in [1.807, 2.05) is 11.4 Å². The molecular formula is C36H40F4N6O9S. The number of ether oxygens (including phenoxy) is 1. The van der Waals surface area contributed by atoms with Crippen LogP contribution >= 0.6 is 0 Å². The van der Waals surface area contributed by atoms with Gasteiger partial charge in [-0.1, -0.05) is 37.1 Å². The summed E-state index contributed by atoms with van der Waals surface area (Å²) in [7, 11) is -4.01. The van der Waals surface area contributed by atoms with E-state index in [0.29, 0.717) is 49.7 Å². The summed E-state index contributed by atoms with van der Waals surface area (Å²) in [5.74, 6) is -3.68. The van der Waals surface area contributed by atoms with Gasteiger partial charge in [-0.05, 0) is 50.2 Å². The second kappa shape index (κ2) is 14.8. The van der Waals surface area contributed by atoms with E-state index in [2.05, 4.69) is 15.4 Å². The third kappa shape index (κ3) is 7.97. The van der Waals surface area contributed by atoms with Crippen LogP contribution in [0.5, 0.6) is 0 Å². The van der Waals surface area contributed by atoms with Crippen LogP contribution in [-0.4, -0.2) is 90.3 Å². The number of carbonyl (C=O) groups is 4. The van der Waals surface area contributed by atoms with Gasteiger partial charge in [-0.3, -0.25) is 33.6 Å². The number of rotatable bonds is 8. The average molecular weight is 809 g/mol. The summed E-state index contributed by atoms with van der Waals surface area (Å²) in [6.45, 7) is -2.03. The number of hydrogen-bond acceptors (Lipinski definition) is 11. The van der Waals surface area contributed by atoms with Crippen LogP contribution < -0.4 is 31.5 Å². The first-order valence-electron chi connectivity index (χ1n) is 18.4. The fraction of sp³-hybridized carbons (Fsp3) is 0.556. The number of benzene rings is 1. The predicted octanol–water partition coefficient (Wildman–Crippen LogP) is 2.30. The lowest BCUT2D eigenvalue weighted by Crippen LogP contribution is -2.57. The first kappa shape index (κ1) is 39.2. The monoisotopic (exact) mass is 808 g/mol. The molecule has 0 radical (unpaired) electrons. The Hall–Kier alpha value is -5.01. The molecule has 5 aliphatic rings. The Balaban J connectivity index is 1.16. The summed E-state index contributed by atoms with van der Waals surface area (Å²) < 4.78 is 86.8. The van der Waals surface area contributed by atoms with Gasteiger partial charge >= 0.3 is 12.3 Å². The van der Waals surface area contributed by atoms with E-state index in [1.165, 1.54) is 17.0 Å². The number of halogens is 4. The predicted molar refractivity (Wildman–Crippen MR) is 191 cm³/mol. The average Bonchev–Trinajstić information content (AvgIpc) is 4.02. The SMILES string of the molecule is O=C1N[C@]2(C(=O)NS(=O)(=O)C3CC3)C[C@H]2C=CCCCCC[C@H](Nc2c(NCC(F)(F)F)c(=O)c2=O)C(=O)N2C[C@H](OC(=O)N3Cc4cccc(F)c4C3)C[C@@H]12. The van der Waals surface area contributed by atoms with Crippen molar-refractivity contribution in [1.82, 2.24) is 19.8 Å². The van der Waals surface area contributed by atoms with Crippen molar-refractivity contribution in [3.05, 3.63) is 67.7 Å². The maximum atomic E-state index is 14.4. The molecule has 56 heavy (non-hydrogen) atoms. The first-order chi connectivity index (χ1) is 26.5. The molecule has 15 nitrogen and oxygen atoms in total. The zero-order chi connectivity index (χ0) is 40.2. The standard InChI is InChI=1S/C36H40F4N6O9S/c37-24-9-6-7-19-15-45(17-23(19)24)34(52)55-21-13-26-31(49)43-35(33(51)44-56(53,54)22-11-12-22)14-20(35)8-4-2-1-3-5-10-25(32(50)46(26)16-21)42-28-27(29(47)30(28)48)41-18-36(38,39)40/h4,6-9,20-22,25-26,41-42H,1-3,5,10-18H2,(H,43,49)(H,44,51)/t20-,21-,25+,26+,35-/m1/s1. The van der Waals surface area contributed by atoms with E-state index in [9.17, 15) is 54.7 Å². The number of carbonyl (C=O) groups excluding carboxylic acids is 4. The molecule has 0 bridgehead atoms. The molecule has 0 aromatic heterocycles. The van der Waals surface area contributed by atoms with Crippen molar-refractivity contribution >= 4 is 45.2 Å². The van der Waals surface area contributed by atoms with Crippen molar-refractivity contribution in [3.63, 3.8) is 0 Å². The summed E-state index contributed by atoms with van der Waals surface area (Å²) in [5, 5.41) is 6.53. The molecule has 2 aromatic carbocycles. The Kier molecular flexibility index (Phi) is 10.4. The van der Waals surface area contributed by atoms with E-state index in [-0.39, 0.29) is 38.9 Å². The summed E-state index contributed by atoms with van der Waals surface area (Å²) >= 11 is 0. The van der Waals surface area contributed by atoms with Gasteiger partial charge in [0.1, 0.15) is 47.5 Å². The lowest BCUT2D eigenvalue weighted by Gasteiger charge is -2.30. The third-order valence-corrected chi connectivity index (χ3v) is 12.8. The molecule has 3 aliphatic heterocycles. The molecule has 2 aromatic rings. The lowest BCUT2D eigenvalue weighted by atomic mass is 10.0. The van der Waals surface area contributed by atoms with Crippen LogP contribution in [0.1, 0.15) is 68.9 Å². The maximum Gasteiger partial charge on any atom is 0.410 e. The first-order valence-corrected chi connectivity index (χ1v) is 20.0. The van der Waals surface area contributed by atoms with Crippen molar-refractivity contribution in [2.24, 2.45) is 5.92 Å². The number of alkyl halides is 3. The van der Waals surface area contributed by atoms with Gasteiger partial charge < -0.3 is 25.6 Å². The van der Waals surface area contributed by atoms with Gasteiger partial charge in [0.25, 0.3) is 16.8 Å². The highest BCUT2D eigenvalue weighted by atomic mass is 32.2. The van der Waals surface area contributed by atoms with Crippen LogP contribution in [0.15, 0.2) is 39.9 Å². The Labute approximate surface area is 317 Å². The fourth-order valence-electron chi connectivity index (χ4n) is 7.64. The van der Waals surface area contributed by atoms with Crippen molar-refractivity contribution in [3.8, 4) is 0 Å². The van der Waals surface area contributed by atoms with Gasteiger partial charge in [0.15, 0.2) is 0 Å². The van der Waals surface area contributed by atoms with Gasteiger partial charge in [0.05, 0.1) is 18.3 Å². The zero-order valence-corrected chi connectivity index (χ0v) is 30.8. The zero-order valence-electron chi connectivity index (χ0n) is 30.0. The number of hydrogen-bond donors (Lipinski definition) is 4. The van der Waals surface area contributed by atoms with Crippen LogP contribution in [0.3, 0.4) is 0 Å². The number of nitrogens with zero attached hydrogens (tertiary/aromatic N) is 2. The molecule has 3 fully saturated rings. The van der Waals surface area contributed by atoms with Gasteiger partial charge in [-0.25, -0.2) is 17.6 Å².